The Hall–Kier alpha value is -2.08. The molecule has 0 fully saturated rings. The van der Waals surface area contributed by atoms with Crippen LogP contribution in [0.2, 0.25) is 0 Å². The van der Waals surface area contributed by atoms with Crippen LogP contribution in [0.25, 0.3) is 0 Å². The maximum absolute atomic E-state index is 7.60. The minimum absolute atomic E-state index is 0.108. The van der Waals surface area contributed by atoms with Crippen LogP contribution in [0.4, 0.5) is 0 Å². The van der Waals surface area contributed by atoms with E-state index in [2.05, 4.69) is 4.99 Å². The summed E-state index contributed by atoms with van der Waals surface area (Å²) in [5, 5.41) is 8.92. The maximum atomic E-state index is 7.60. The fourth-order valence-electron chi connectivity index (χ4n) is 1.34. The van der Waals surface area contributed by atoms with E-state index in [0.717, 1.165) is 12.0 Å². The molecule has 1 rings (SSSR count). The summed E-state index contributed by atoms with van der Waals surface area (Å²) in [6.45, 7) is 0.510. The molecule has 92 valence electrons. The molecule has 0 atom stereocenters. The van der Waals surface area contributed by atoms with E-state index in [1.54, 1.807) is 0 Å². The van der Waals surface area contributed by atoms with Crippen molar-refractivity contribution in [1.29, 1.82) is 5.41 Å². The van der Waals surface area contributed by atoms with Crippen LogP contribution in [0.3, 0.4) is 0 Å². The molecule has 6 heteroatoms. The van der Waals surface area contributed by atoms with Crippen LogP contribution in [0.5, 0.6) is 0 Å². The van der Waals surface area contributed by atoms with Crippen molar-refractivity contribution >= 4 is 11.9 Å². The van der Waals surface area contributed by atoms with Crippen LogP contribution >= 0.6 is 0 Å². The standard InChI is InChI=1S/C11H17N5O/c1-17-16(11(14)15-10(12)13)8-7-9-5-3-2-4-6-9/h2-6H,7-8H2,1H3,(H5,12,13,14,15). The molecule has 1 aromatic rings. The van der Waals surface area contributed by atoms with Crippen molar-refractivity contribution in [3.8, 4) is 0 Å². The third-order valence-electron chi connectivity index (χ3n) is 2.14. The van der Waals surface area contributed by atoms with E-state index in [9.17, 15) is 0 Å². The molecule has 6 nitrogen and oxygen atoms in total. The topological polar surface area (TPSA) is 101 Å². The highest BCUT2D eigenvalue weighted by molar-refractivity contribution is 5.91. The van der Waals surface area contributed by atoms with Crippen LogP contribution in [-0.4, -0.2) is 30.6 Å². The van der Waals surface area contributed by atoms with Crippen molar-refractivity contribution in [2.75, 3.05) is 13.7 Å². The Morgan fingerprint density at radius 1 is 1.35 bits per heavy atom. The van der Waals surface area contributed by atoms with E-state index < -0.39 is 0 Å². The third kappa shape index (κ3) is 4.52. The monoisotopic (exact) mass is 235 g/mol. The average Bonchev–Trinajstić information content (AvgIpc) is 2.30. The van der Waals surface area contributed by atoms with Gasteiger partial charge in [-0.05, 0) is 12.0 Å². The zero-order valence-corrected chi connectivity index (χ0v) is 9.76. The molecule has 0 aliphatic heterocycles. The number of nitrogens with one attached hydrogen (secondary N) is 1. The molecule has 5 N–H and O–H groups in total. The zero-order chi connectivity index (χ0) is 12.7. The minimum atomic E-state index is -0.156. The van der Waals surface area contributed by atoms with Crippen LogP contribution < -0.4 is 11.5 Å². The molecule has 0 radical (unpaired) electrons. The van der Waals surface area contributed by atoms with Crippen LogP contribution in [0.1, 0.15) is 5.56 Å². The van der Waals surface area contributed by atoms with E-state index in [1.165, 1.54) is 12.2 Å². The Labute approximate surface area is 100 Å². The molecule has 0 aliphatic rings. The van der Waals surface area contributed by atoms with Gasteiger partial charge in [-0.3, -0.25) is 10.2 Å². The fraction of sp³-hybridized carbons (Fsp3) is 0.273. The van der Waals surface area contributed by atoms with Crippen LogP contribution in [0, 0.1) is 5.41 Å². The Balaban J connectivity index is 2.54. The van der Waals surface area contributed by atoms with Crippen molar-refractivity contribution in [2.45, 2.75) is 6.42 Å². The highest BCUT2D eigenvalue weighted by atomic mass is 16.7. The van der Waals surface area contributed by atoms with Crippen molar-refractivity contribution < 1.29 is 4.84 Å². The van der Waals surface area contributed by atoms with E-state index in [-0.39, 0.29) is 11.9 Å². The summed E-state index contributed by atoms with van der Waals surface area (Å²) in [4.78, 5) is 8.64. The molecule has 0 unspecified atom stereocenters. The number of guanidine groups is 2. The first-order valence-electron chi connectivity index (χ1n) is 5.17. The van der Waals surface area contributed by atoms with Crippen LogP contribution in [-0.2, 0) is 11.3 Å². The summed E-state index contributed by atoms with van der Waals surface area (Å²) in [6, 6.07) is 9.91. The normalized spacial score (nSPS) is 9.71. The quantitative estimate of drug-likeness (QED) is 0.397. The fourth-order valence-corrected chi connectivity index (χ4v) is 1.34. The van der Waals surface area contributed by atoms with Gasteiger partial charge in [0.05, 0.1) is 13.7 Å². The van der Waals surface area contributed by atoms with Gasteiger partial charge in [-0.15, -0.1) is 0 Å². The average molecular weight is 235 g/mol. The lowest BCUT2D eigenvalue weighted by Gasteiger charge is -2.19. The summed E-state index contributed by atoms with van der Waals surface area (Å²) in [6.07, 6.45) is 0.747. The first-order valence-corrected chi connectivity index (χ1v) is 5.17. The molecule has 17 heavy (non-hydrogen) atoms. The summed E-state index contributed by atoms with van der Waals surface area (Å²) >= 11 is 0. The second-order valence-corrected chi connectivity index (χ2v) is 3.38. The zero-order valence-electron chi connectivity index (χ0n) is 9.76. The highest BCUT2D eigenvalue weighted by Gasteiger charge is 2.08. The third-order valence-corrected chi connectivity index (χ3v) is 2.14. The lowest BCUT2D eigenvalue weighted by molar-refractivity contribution is -0.0656. The van der Waals surface area contributed by atoms with Gasteiger partial charge in [-0.25, -0.2) is 5.06 Å². The second-order valence-electron chi connectivity index (χ2n) is 3.38. The largest absolute Gasteiger partial charge is 0.370 e. The summed E-state index contributed by atoms with van der Waals surface area (Å²) in [5.41, 5.74) is 11.6. The lowest BCUT2D eigenvalue weighted by Crippen LogP contribution is -2.33. The highest BCUT2D eigenvalue weighted by Crippen LogP contribution is 2.02. The molecule has 0 saturated carbocycles. The molecule has 0 aliphatic carbocycles. The summed E-state index contributed by atoms with van der Waals surface area (Å²) in [5.74, 6) is -0.264. The number of benzene rings is 1. The van der Waals surface area contributed by atoms with Crippen LogP contribution in [0.15, 0.2) is 35.3 Å². The number of hydroxylamine groups is 2. The SMILES string of the molecule is CON(CCc1ccccc1)C(=N)N=C(N)N. The predicted molar refractivity (Wildman–Crippen MR) is 67.4 cm³/mol. The van der Waals surface area contributed by atoms with E-state index in [0.29, 0.717) is 6.54 Å². The van der Waals surface area contributed by atoms with Crippen molar-refractivity contribution in [2.24, 2.45) is 16.5 Å². The number of nitrogens with zero attached hydrogens (tertiary/aromatic N) is 2. The van der Waals surface area contributed by atoms with E-state index >= 15 is 0 Å². The number of aliphatic imine (C=N–C) groups is 1. The van der Waals surface area contributed by atoms with Gasteiger partial charge in [0.25, 0.3) is 0 Å². The molecular weight excluding hydrogens is 218 g/mol. The predicted octanol–water partition coefficient (Wildman–Crippen LogP) is 0.301. The summed E-state index contributed by atoms with van der Waals surface area (Å²) < 4.78 is 0. The van der Waals surface area contributed by atoms with E-state index in [1.807, 2.05) is 30.3 Å². The molecule has 0 bridgehead atoms. The van der Waals surface area contributed by atoms with Gasteiger partial charge in [-0.2, -0.15) is 4.99 Å². The van der Waals surface area contributed by atoms with Crippen molar-refractivity contribution in [3.05, 3.63) is 35.9 Å². The van der Waals surface area contributed by atoms with Gasteiger partial charge in [0.1, 0.15) is 0 Å². The molecule has 0 amide bonds. The van der Waals surface area contributed by atoms with Crippen molar-refractivity contribution in [3.63, 3.8) is 0 Å². The maximum Gasteiger partial charge on any atom is 0.245 e. The number of hydrogen-bond donors (Lipinski definition) is 3. The first kappa shape index (κ1) is 13.0. The Bertz CT molecular complexity index is 386. The second kappa shape index (κ2) is 6.49. The lowest BCUT2D eigenvalue weighted by atomic mass is 10.1. The van der Waals surface area contributed by atoms with Gasteiger partial charge in [-0.1, -0.05) is 30.3 Å². The Morgan fingerprint density at radius 3 is 2.53 bits per heavy atom. The molecule has 0 aromatic heterocycles. The molecule has 0 heterocycles. The Kier molecular flexibility index (Phi) is 4.96. The minimum Gasteiger partial charge on any atom is -0.370 e. The molecular formula is C11H17N5O. The molecule has 0 spiro atoms. The van der Waals surface area contributed by atoms with Gasteiger partial charge < -0.3 is 11.5 Å². The number of hydrogen-bond acceptors (Lipinski definition) is 2. The summed E-state index contributed by atoms with van der Waals surface area (Å²) in [7, 11) is 1.47. The number of rotatable bonds is 4. The Morgan fingerprint density at radius 2 is 2.00 bits per heavy atom. The van der Waals surface area contributed by atoms with Gasteiger partial charge in [0, 0.05) is 0 Å². The van der Waals surface area contributed by atoms with Gasteiger partial charge >= 0.3 is 0 Å². The first-order chi connectivity index (χ1) is 8.13. The number of nitrogens with two attached hydrogens (primary N) is 2. The van der Waals surface area contributed by atoms with Crippen molar-refractivity contribution in [1.82, 2.24) is 5.06 Å². The van der Waals surface area contributed by atoms with Gasteiger partial charge in [0.15, 0.2) is 5.96 Å². The van der Waals surface area contributed by atoms with Gasteiger partial charge in [0.2, 0.25) is 5.96 Å². The molecule has 0 saturated heterocycles. The smallest absolute Gasteiger partial charge is 0.245 e. The molecule has 1 aromatic carbocycles. The van der Waals surface area contributed by atoms with E-state index in [4.69, 9.17) is 21.7 Å².